The van der Waals surface area contributed by atoms with E-state index >= 15 is 0 Å². The van der Waals surface area contributed by atoms with Gasteiger partial charge in [-0.3, -0.25) is 9.79 Å². The van der Waals surface area contributed by atoms with Crippen LogP contribution in [0.4, 0.5) is 0 Å². The molecule has 6 nitrogen and oxygen atoms in total. The predicted octanol–water partition coefficient (Wildman–Crippen LogP) is 3.97. The van der Waals surface area contributed by atoms with Gasteiger partial charge in [-0.1, -0.05) is 58.3 Å². The lowest BCUT2D eigenvalue weighted by molar-refractivity contribution is 0.0949. The molecule has 1 aliphatic heterocycles. The summed E-state index contributed by atoms with van der Waals surface area (Å²) in [4.78, 5) is 17.0. The maximum atomic E-state index is 12.7. The van der Waals surface area contributed by atoms with Crippen LogP contribution in [0.15, 0.2) is 17.1 Å². The minimum atomic E-state index is -1.72. The number of nitrogens with one attached hydrogen (secondary N) is 1. The Labute approximate surface area is 175 Å². The summed E-state index contributed by atoms with van der Waals surface area (Å²) in [5.41, 5.74) is 0.278. The standard InChI is InChI=1S/C15H17Cl3N2O4S2/c1-22-9-6-8(7-10(23-2)11(9)24-3)12(21)20-13(15(16,17)18)26-14-19-4-5-25-14/h6-7,13H,4-5H2,1-3H3,(H,20,21). The zero-order valence-electron chi connectivity index (χ0n) is 14.2. The van der Waals surface area contributed by atoms with Crippen molar-refractivity contribution in [2.45, 2.75) is 9.17 Å². The summed E-state index contributed by atoms with van der Waals surface area (Å²) in [5.74, 6) is 1.51. The van der Waals surface area contributed by atoms with Crippen LogP contribution < -0.4 is 19.5 Å². The first-order chi connectivity index (χ1) is 12.3. The molecule has 1 N–H and O–H groups in total. The van der Waals surface area contributed by atoms with Gasteiger partial charge in [0.25, 0.3) is 5.91 Å². The smallest absolute Gasteiger partial charge is 0.252 e. The lowest BCUT2D eigenvalue weighted by Crippen LogP contribution is -2.41. The molecule has 1 unspecified atom stereocenters. The molecule has 1 heterocycles. The maximum Gasteiger partial charge on any atom is 0.252 e. The van der Waals surface area contributed by atoms with E-state index in [1.54, 1.807) is 11.8 Å². The van der Waals surface area contributed by atoms with Crippen LogP contribution in [0.25, 0.3) is 0 Å². The van der Waals surface area contributed by atoms with Crippen LogP contribution in [0.3, 0.4) is 0 Å². The zero-order valence-corrected chi connectivity index (χ0v) is 18.1. The van der Waals surface area contributed by atoms with E-state index in [-0.39, 0.29) is 5.56 Å². The van der Waals surface area contributed by atoms with E-state index in [0.29, 0.717) is 23.8 Å². The number of carbonyl (C=O) groups excluding carboxylic acids is 1. The largest absolute Gasteiger partial charge is 0.493 e. The first kappa shape index (κ1) is 21.6. The highest BCUT2D eigenvalue weighted by Crippen LogP contribution is 2.41. The Kier molecular flexibility index (Phi) is 7.90. The van der Waals surface area contributed by atoms with E-state index in [9.17, 15) is 4.79 Å². The monoisotopic (exact) mass is 458 g/mol. The summed E-state index contributed by atoms with van der Waals surface area (Å²) < 4.78 is 14.8. The predicted molar refractivity (Wildman–Crippen MR) is 110 cm³/mol. The minimum absolute atomic E-state index is 0.278. The second kappa shape index (κ2) is 9.50. The molecule has 144 valence electrons. The van der Waals surface area contributed by atoms with Gasteiger partial charge >= 0.3 is 0 Å². The van der Waals surface area contributed by atoms with E-state index in [4.69, 9.17) is 49.0 Å². The van der Waals surface area contributed by atoms with Crippen molar-refractivity contribution < 1.29 is 19.0 Å². The summed E-state index contributed by atoms with van der Waals surface area (Å²) in [6, 6.07) is 3.05. The minimum Gasteiger partial charge on any atom is -0.493 e. The highest BCUT2D eigenvalue weighted by Gasteiger charge is 2.36. The van der Waals surface area contributed by atoms with Gasteiger partial charge in [-0.05, 0) is 12.1 Å². The molecule has 0 radical (unpaired) electrons. The van der Waals surface area contributed by atoms with Gasteiger partial charge in [0.1, 0.15) is 9.75 Å². The fourth-order valence-corrected chi connectivity index (χ4v) is 4.66. The number of nitrogens with zero attached hydrogens (tertiary/aromatic N) is 1. The molecule has 0 bridgehead atoms. The van der Waals surface area contributed by atoms with Gasteiger partial charge in [0.15, 0.2) is 11.5 Å². The van der Waals surface area contributed by atoms with Crippen LogP contribution in [0.2, 0.25) is 0 Å². The number of methoxy groups -OCH3 is 3. The second-order valence-corrected chi connectivity index (χ2v) is 9.73. The number of thioether (sulfide) groups is 2. The van der Waals surface area contributed by atoms with Gasteiger partial charge in [0.05, 0.1) is 27.9 Å². The first-order valence-corrected chi connectivity index (χ1v) is 10.3. The molecule has 2 rings (SSSR count). The first-order valence-electron chi connectivity index (χ1n) is 7.31. The highest BCUT2D eigenvalue weighted by atomic mass is 35.6. The topological polar surface area (TPSA) is 69.2 Å². The second-order valence-electron chi connectivity index (χ2n) is 4.92. The van der Waals surface area contributed by atoms with E-state index < -0.39 is 15.1 Å². The number of aliphatic imine (C=N–C) groups is 1. The normalized spacial score (nSPS) is 15.2. The number of ether oxygens (including phenoxy) is 3. The van der Waals surface area contributed by atoms with Gasteiger partial charge in [-0.25, -0.2) is 0 Å². The van der Waals surface area contributed by atoms with Crippen molar-refractivity contribution in [1.29, 1.82) is 0 Å². The Bertz CT molecular complexity index is 673. The Morgan fingerprint density at radius 2 is 1.85 bits per heavy atom. The molecule has 0 fully saturated rings. The number of alkyl halides is 3. The highest BCUT2D eigenvalue weighted by molar-refractivity contribution is 8.39. The SMILES string of the molecule is COc1cc(C(=O)NC(SC2=NCCS2)C(Cl)(Cl)Cl)cc(OC)c1OC. The quantitative estimate of drug-likeness (QED) is 0.513. The zero-order chi connectivity index (χ0) is 19.3. The molecule has 1 aliphatic rings. The van der Waals surface area contributed by atoms with Gasteiger partial charge in [0, 0.05) is 11.3 Å². The molecule has 0 saturated carbocycles. The number of halogens is 3. The number of amides is 1. The Balaban J connectivity index is 2.25. The van der Waals surface area contributed by atoms with Crippen molar-refractivity contribution in [1.82, 2.24) is 5.32 Å². The average Bonchev–Trinajstić information content (AvgIpc) is 3.11. The third-order valence-corrected chi connectivity index (χ3v) is 6.75. The number of rotatable bonds is 6. The van der Waals surface area contributed by atoms with Crippen LogP contribution in [-0.4, -0.2) is 53.1 Å². The number of hydrogen-bond acceptors (Lipinski definition) is 7. The van der Waals surface area contributed by atoms with Crippen molar-refractivity contribution in [2.75, 3.05) is 33.6 Å². The molecule has 1 amide bonds. The van der Waals surface area contributed by atoms with Gasteiger partial charge < -0.3 is 19.5 Å². The number of hydrogen-bond donors (Lipinski definition) is 1. The van der Waals surface area contributed by atoms with Crippen LogP contribution in [0, 0.1) is 0 Å². The summed E-state index contributed by atoms with van der Waals surface area (Å²) in [7, 11) is 4.42. The number of benzene rings is 1. The van der Waals surface area contributed by atoms with Gasteiger partial charge in [-0.15, -0.1) is 0 Å². The molecule has 1 aromatic rings. The van der Waals surface area contributed by atoms with E-state index in [1.807, 2.05) is 0 Å². The van der Waals surface area contributed by atoms with Crippen LogP contribution >= 0.6 is 58.3 Å². The molecule has 11 heteroatoms. The van der Waals surface area contributed by atoms with E-state index in [2.05, 4.69) is 10.3 Å². The summed E-state index contributed by atoms with van der Waals surface area (Å²) in [6.45, 7) is 0.709. The van der Waals surface area contributed by atoms with Crippen molar-refractivity contribution in [3.63, 3.8) is 0 Å². The Morgan fingerprint density at radius 3 is 2.27 bits per heavy atom. The van der Waals surface area contributed by atoms with Crippen molar-refractivity contribution in [3.05, 3.63) is 17.7 Å². The number of carbonyl (C=O) groups is 1. The molecule has 1 aromatic carbocycles. The van der Waals surface area contributed by atoms with Gasteiger partial charge in [-0.2, -0.15) is 0 Å². The molecule has 0 aromatic heterocycles. The molecular weight excluding hydrogens is 443 g/mol. The Hall–Kier alpha value is -0.670. The van der Waals surface area contributed by atoms with E-state index in [0.717, 1.165) is 10.1 Å². The van der Waals surface area contributed by atoms with E-state index in [1.165, 1.54) is 45.2 Å². The molecule has 0 spiro atoms. The van der Waals surface area contributed by atoms with Crippen LogP contribution in [0.1, 0.15) is 10.4 Å². The molecular formula is C15H17Cl3N2O4S2. The molecule has 0 aliphatic carbocycles. The summed E-state index contributed by atoms with van der Waals surface area (Å²) in [5, 5.41) is 1.91. The maximum absolute atomic E-state index is 12.7. The average molecular weight is 460 g/mol. The summed E-state index contributed by atoms with van der Waals surface area (Å²) >= 11 is 20.9. The van der Waals surface area contributed by atoms with Gasteiger partial charge in [0.2, 0.25) is 9.54 Å². The molecule has 26 heavy (non-hydrogen) atoms. The van der Waals surface area contributed by atoms with Crippen molar-refractivity contribution in [2.24, 2.45) is 4.99 Å². The fraction of sp³-hybridized carbons (Fsp3) is 0.467. The Morgan fingerprint density at radius 1 is 1.23 bits per heavy atom. The van der Waals surface area contributed by atoms with Crippen LogP contribution in [0.5, 0.6) is 17.2 Å². The lowest BCUT2D eigenvalue weighted by atomic mass is 10.1. The summed E-state index contributed by atoms with van der Waals surface area (Å²) in [6.07, 6.45) is 0. The van der Waals surface area contributed by atoms with Crippen LogP contribution in [-0.2, 0) is 0 Å². The van der Waals surface area contributed by atoms with Crippen molar-refractivity contribution in [3.8, 4) is 17.2 Å². The molecule has 0 saturated heterocycles. The molecule has 1 atom stereocenters. The van der Waals surface area contributed by atoms with Crippen molar-refractivity contribution >= 4 is 68.6 Å². The third-order valence-electron chi connectivity index (χ3n) is 3.26. The third kappa shape index (κ3) is 5.42. The lowest BCUT2D eigenvalue weighted by Gasteiger charge is -2.25. The fourth-order valence-electron chi connectivity index (χ4n) is 2.08.